The van der Waals surface area contributed by atoms with Crippen molar-refractivity contribution in [3.63, 3.8) is 0 Å². The van der Waals surface area contributed by atoms with Gasteiger partial charge in [0.25, 0.3) is 10.1 Å². The summed E-state index contributed by atoms with van der Waals surface area (Å²) in [7, 11) is -6.60. The summed E-state index contributed by atoms with van der Waals surface area (Å²) in [6.07, 6.45) is 17.8. The van der Waals surface area contributed by atoms with Crippen LogP contribution < -0.4 is 59.1 Å². The second-order valence-electron chi connectivity index (χ2n) is 17.3. The first kappa shape index (κ1) is 51.3. The molecule has 0 saturated heterocycles. The predicted octanol–water partition coefficient (Wildman–Crippen LogP) is 1.20. The number of nitrogens with zero attached hydrogens (tertiary/aromatic N) is 4. The molecule has 6 saturated carbocycles. The molecule has 310 valence electrons. The summed E-state index contributed by atoms with van der Waals surface area (Å²) in [6.45, 7) is 6.98. The van der Waals surface area contributed by atoms with Crippen LogP contribution in [0.25, 0.3) is 0 Å². The van der Waals surface area contributed by atoms with Crippen molar-refractivity contribution in [1.29, 1.82) is 0 Å². The molecule has 56 heavy (non-hydrogen) atoms. The molecule has 0 radical (unpaired) electrons. The van der Waals surface area contributed by atoms with E-state index in [0.29, 0.717) is 35.5 Å². The van der Waals surface area contributed by atoms with Gasteiger partial charge in [-0.2, -0.15) is 41.7 Å². The van der Waals surface area contributed by atoms with Gasteiger partial charge in [-0.1, -0.05) is 38.1 Å². The van der Waals surface area contributed by atoms with Crippen molar-refractivity contribution >= 4 is 33.6 Å². The van der Waals surface area contributed by atoms with Gasteiger partial charge in [-0.25, -0.2) is 4.89 Å². The smallest absolute Gasteiger partial charge is 0.579 e. The zero-order valence-electron chi connectivity index (χ0n) is 34.1. The van der Waals surface area contributed by atoms with Gasteiger partial charge in [0.15, 0.2) is 0 Å². The van der Waals surface area contributed by atoms with Crippen LogP contribution in [-0.2, 0) is 52.1 Å². The molecule has 6 rings (SSSR count). The van der Waals surface area contributed by atoms with E-state index in [0.717, 1.165) is 109 Å². The molecule has 6 fully saturated rings. The van der Waals surface area contributed by atoms with E-state index in [1.807, 2.05) is 0 Å². The first-order valence-electron chi connectivity index (χ1n) is 20.4. The summed E-state index contributed by atoms with van der Waals surface area (Å²) in [5, 5.41) is 34.8. The molecule has 0 amide bonds. The summed E-state index contributed by atoms with van der Waals surface area (Å²) >= 11 is 4.44. The van der Waals surface area contributed by atoms with E-state index >= 15 is 0 Å². The Balaban J connectivity index is 0.00000134. The summed E-state index contributed by atoms with van der Waals surface area (Å²) in [5.41, 5.74) is 0. The fourth-order valence-electron chi connectivity index (χ4n) is 10.7. The topological polar surface area (TPSA) is 192 Å². The van der Waals surface area contributed by atoms with Crippen molar-refractivity contribution in [2.24, 2.45) is 61.9 Å². The van der Waals surface area contributed by atoms with Crippen LogP contribution in [0.1, 0.15) is 136 Å². The third-order valence-corrected chi connectivity index (χ3v) is 15.6. The monoisotopic (exact) mass is 864 g/mol. The third-order valence-electron chi connectivity index (χ3n) is 13.7. The van der Waals surface area contributed by atoms with Gasteiger partial charge in [0.1, 0.15) is 12.1 Å². The molecular formula is C37H62N4Na2O10S3. The molecule has 14 nitrogen and oxygen atoms in total. The Bertz CT molecular complexity index is 1450. The van der Waals surface area contributed by atoms with E-state index in [2.05, 4.69) is 49.5 Å². The molecule has 6 aliphatic carbocycles. The summed E-state index contributed by atoms with van der Waals surface area (Å²) in [6, 6.07) is 0.123. The molecule has 11 atom stereocenters. The van der Waals surface area contributed by atoms with Crippen LogP contribution in [-0.4, -0.2) is 73.9 Å². The predicted molar refractivity (Wildman–Crippen MR) is 201 cm³/mol. The van der Waals surface area contributed by atoms with Crippen LogP contribution >= 0.6 is 0 Å². The van der Waals surface area contributed by atoms with Gasteiger partial charge in [-0.15, -0.1) is 12.6 Å². The van der Waals surface area contributed by atoms with Crippen molar-refractivity contribution in [1.82, 2.24) is 0 Å². The van der Waals surface area contributed by atoms with Gasteiger partial charge >= 0.3 is 69.7 Å². The standard InChI is InChI=1S/C37H63N4O7S2.2Na.O3S/c1-23-8-16-31(17-9-23)50(43,44)46-30-14-10-27(11-15-30)38-39-28-12-18-32(24(2)20-28)33-19-13-29(21-25(33)3)40-41-36-35(45-47-48-49)22-26-6-4-5-7-34(26)37(36)42;;;1-4(2)3/h4,23-37,42,49H,5-22H2,1-3H3;;;/q-1;2*+1;/p-1. The Labute approximate surface area is 386 Å². The molecule has 0 aliphatic heterocycles. The maximum absolute atomic E-state index is 12.9. The molecule has 19 heteroatoms. The minimum Gasteiger partial charge on any atom is -0.579 e. The summed E-state index contributed by atoms with van der Waals surface area (Å²) in [5.74, 6) is 3.68. The zero-order valence-corrected chi connectivity index (χ0v) is 40.6. The fourth-order valence-corrected chi connectivity index (χ4v) is 12.3. The van der Waals surface area contributed by atoms with E-state index < -0.39 is 39.0 Å². The number of aliphatic hydroxyl groups excluding tert-OH is 1. The van der Waals surface area contributed by atoms with Crippen LogP contribution in [0.3, 0.4) is 0 Å². The fraction of sp³-hybridized carbons (Fsp3) is 0.973. The Hall–Kier alpha value is 0.920. The van der Waals surface area contributed by atoms with Crippen molar-refractivity contribution in [2.75, 3.05) is 0 Å². The molecular weight excluding hydrogens is 803 g/mol. The zero-order chi connectivity index (χ0) is 38.8. The maximum Gasteiger partial charge on any atom is 1.00 e. The molecule has 11 unspecified atom stereocenters. The Morgan fingerprint density at radius 3 is 1.79 bits per heavy atom. The van der Waals surface area contributed by atoms with Gasteiger partial charge < -0.3 is 28.8 Å². The van der Waals surface area contributed by atoms with Crippen LogP contribution in [0.5, 0.6) is 0 Å². The molecule has 0 aromatic heterocycles. The molecule has 0 aromatic carbocycles. The van der Waals surface area contributed by atoms with Crippen molar-refractivity contribution in [3.8, 4) is 0 Å². The van der Waals surface area contributed by atoms with Gasteiger partial charge in [-0.05, 0) is 132 Å². The number of azo groups is 2. The second-order valence-corrected chi connectivity index (χ2v) is 19.7. The van der Waals surface area contributed by atoms with Crippen LogP contribution in [0.2, 0.25) is 0 Å². The second kappa shape index (κ2) is 25.1. The van der Waals surface area contributed by atoms with Gasteiger partial charge in [0.05, 0.1) is 35.6 Å². The molecule has 1 N–H and O–H groups in total. The molecule has 0 spiro atoms. The van der Waals surface area contributed by atoms with E-state index in [-0.39, 0.29) is 94.5 Å². The Morgan fingerprint density at radius 2 is 1.23 bits per heavy atom. The maximum atomic E-state index is 12.9. The SMILES string of the molecule is CC1CCC(S(=O)(=O)OC2CCC(N=NC3CCC(C4CCC(N=NC5C(OOO[S-])CC6C[CH-]CCC6C5O)CC4C)C(C)C3)CC2)CC1.O=S(=O)=O.[Na+].[Na+]. The number of hydrogen-bond acceptors (Lipinski definition) is 15. The van der Waals surface area contributed by atoms with Crippen LogP contribution in [0.4, 0.5) is 0 Å². The van der Waals surface area contributed by atoms with Crippen molar-refractivity contribution < 1.29 is 104 Å². The average Bonchev–Trinajstić information content (AvgIpc) is 3.13. The van der Waals surface area contributed by atoms with E-state index in [1.165, 1.54) is 6.42 Å². The Morgan fingerprint density at radius 1 is 0.696 bits per heavy atom. The largest absolute Gasteiger partial charge is 1.00 e. The number of fused-ring (bicyclic) bond motifs is 1. The third kappa shape index (κ3) is 15.1. The van der Waals surface area contributed by atoms with Crippen LogP contribution in [0, 0.1) is 47.8 Å². The van der Waals surface area contributed by atoms with Crippen molar-refractivity contribution in [2.45, 2.75) is 184 Å². The minimum absolute atomic E-state index is 0. The average molecular weight is 865 g/mol. The number of hydrogen-bond donors (Lipinski definition) is 1. The quantitative estimate of drug-likeness (QED) is 0.0598. The first-order valence-corrected chi connectivity index (χ1v) is 23.2. The normalized spacial score (nSPS) is 40.7. The number of aliphatic hydroxyl groups is 1. The van der Waals surface area contributed by atoms with Crippen LogP contribution in [0.15, 0.2) is 20.5 Å². The van der Waals surface area contributed by atoms with Gasteiger partial charge in [0.2, 0.25) is 0 Å². The summed E-state index contributed by atoms with van der Waals surface area (Å²) in [4.78, 5) is 5.44. The van der Waals surface area contributed by atoms with E-state index in [9.17, 15) is 13.5 Å². The van der Waals surface area contributed by atoms with Gasteiger partial charge in [-0.3, -0.25) is 4.18 Å². The molecule has 0 heterocycles. The van der Waals surface area contributed by atoms with Crippen molar-refractivity contribution in [3.05, 3.63) is 6.42 Å². The molecule has 6 aliphatic rings. The van der Waals surface area contributed by atoms with E-state index in [4.69, 9.17) is 42.2 Å². The summed E-state index contributed by atoms with van der Waals surface area (Å²) < 4.78 is 61.1. The number of rotatable bonds is 11. The van der Waals surface area contributed by atoms with E-state index in [1.54, 1.807) is 0 Å². The first-order chi connectivity index (χ1) is 25.8. The van der Waals surface area contributed by atoms with Gasteiger partial charge in [0, 0.05) is 0 Å². The minimum atomic E-state index is -3.49. The molecule has 0 bridgehead atoms. The Kier molecular flexibility index (Phi) is 23.0. The molecule has 0 aromatic rings.